The van der Waals surface area contributed by atoms with Gasteiger partial charge in [-0.1, -0.05) is 24.3 Å². The van der Waals surface area contributed by atoms with Crippen molar-refractivity contribution >= 4 is 17.6 Å². The van der Waals surface area contributed by atoms with Crippen LogP contribution in [0.25, 0.3) is 0 Å². The largest absolute Gasteiger partial charge is 0.478 e. The summed E-state index contributed by atoms with van der Waals surface area (Å²) in [5, 5.41) is 12.4. The summed E-state index contributed by atoms with van der Waals surface area (Å²) in [6.07, 6.45) is 4.40. The SMILES string of the molecule is Cc1ccc(CN(CC(=O)Nc2cccc3c2CCCC3)Cc2ccc(OC(C)(C)C(=O)O)cc2)o1. The van der Waals surface area contributed by atoms with Crippen molar-refractivity contribution in [2.24, 2.45) is 0 Å². The van der Waals surface area contributed by atoms with Crippen LogP contribution in [0.4, 0.5) is 5.69 Å². The maximum atomic E-state index is 13.1. The number of nitrogens with one attached hydrogen (secondary N) is 1. The molecule has 0 spiro atoms. The number of nitrogens with zero attached hydrogens (tertiary/aromatic N) is 1. The molecule has 1 amide bonds. The number of hydrogen-bond donors (Lipinski definition) is 2. The second-order valence-corrected chi connectivity index (χ2v) is 9.92. The lowest BCUT2D eigenvalue weighted by molar-refractivity contribution is -0.152. The fourth-order valence-corrected chi connectivity index (χ4v) is 4.51. The molecule has 1 aromatic heterocycles. The lowest BCUT2D eigenvalue weighted by Crippen LogP contribution is -2.37. The summed E-state index contributed by atoms with van der Waals surface area (Å²) in [7, 11) is 0. The van der Waals surface area contributed by atoms with Crippen LogP contribution < -0.4 is 10.1 Å². The van der Waals surface area contributed by atoms with Gasteiger partial charge in [0.2, 0.25) is 5.91 Å². The predicted molar refractivity (Wildman–Crippen MR) is 138 cm³/mol. The Morgan fingerprint density at radius 1 is 1.03 bits per heavy atom. The van der Waals surface area contributed by atoms with Gasteiger partial charge in [0, 0.05) is 12.2 Å². The number of carboxylic acid groups (broad SMARTS) is 1. The first-order valence-corrected chi connectivity index (χ1v) is 12.4. The Hall–Kier alpha value is -3.58. The molecule has 0 aliphatic heterocycles. The molecule has 1 aliphatic rings. The van der Waals surface area contributed by atoms with Crippen molar-refractivity contribution in [3.8, 4) is 5.75 Å². The lowest BCUT2D eigenvalue weighted by atomic mass is 9.90. The van der Waals surface area contributed by atoms with E-state index in [-0.39, 0.29) is 12.5 Å². The number of carbonyl (C=O) groups is 2. The zero-order valence-electron chi connectivity index (χ0n) is 21.2. The van der Waals surface area contributed by atoms with Crippen LogP contribution in [0, 0.1) is 6.92 Å². The highest BCUT2D eigenvalue weighted by Gasteiger charge is 2.29. The molecule has 0 fully saturated rings. The first-order chi connectivity index (χ1) is 17.2. The molecular weight excluding hydrogens is 456 g/mol. The number of aryl methyl sites for hydroxylation is 2. The van der Waals surface area contributed by atoms with Gasteiger partial charge < -0.3 is 19.6 Å². The van der Waals surface area contributed by atoms with Crippen LogP contribution in [-0.2, 0) is 35.5 Å². The number of aliphatic carboxylic acids is 1. The van der Waals surface area contributed by atoms with Crippen LogP contribution in [0.1, 0.15) is 54.9 Å². The molecule has 2 N–H and O–H groups in total. The van der Waals surface area contributed by atoms with E-state index in [9.17, 15) is 14.7 Å². The fraction of sp³-hybridized carbons (Fsp3) is 0.379. The van der Waals surface area contributed by atoms with E-state index >= 15 is 0 Å². The number of furan rings is 1. The summed E-state index contributed by atoms with van der Waals surface area (Å²) < 4.78 is 11.4. The highest BCUT2D eigenvalue weighted by Crippen LogP contribution is 2.28. The maximum Gasteiger partial charge on any atom is 0.347 e. The smallest absolute Gasteiger partial charge is 0.347 e. The third-order valence-electron chi connectivity index (χ3n) is 6.43. The minimum atomic E-state index is -1.32. The van der Waals surface area contributed by atoms with Crippen molar-refractivity contribution < 1.29 is 23.8 Å². The van der Waals surface area contributed by atoms with E-state index < -0.39 is 11.6 Å². The molecule has 1 heterocycles. The number of amides is 1. The molecule has 7 heteroatoms. The second-order valence-electron chi connectivity index (χ2n) is 9.92. The van der Waals surface area contributed by atoms with E-state index in [1.807, 2.05) is 48.2 Å². The minimum Gasteiger partial charge on any atom is -0.478 e. The zero-order chi connectivity index (χ0) is 25.7. The molecule has 0 unspecified atom stereocenters. The van der Waals surface area contributed by atoms with E-state index in [2.05, 4.69) is 11.4 Å². The van der Waals surface area contributed by atoms with E-state index in [0.29, 0.717) is 18.8 Å². The van der Waals surface area contributed by atoms with Crippen molar-refractivity contribution in [1.82, 2.24) is 4.90 Å². The Bertz CT molecular complexity index is 1210. The van der Waals surface area contributed by atoms with Crippen LogP contribution in [0.15, 0.2) is 59.0 Å². The molecule has 0 atom stereocenters. The van der Waals surface area contributed by atoms with Crippen molar-refractivity contribution in [1.29, 1.82) is 0 Å². The quantitative estimate of drug-likeness (QED) is 0.398. The molecule has 0 bridgehead atoms. The van der Waals surface area contributed by atoms with Gasteiger partial charge in [0.25, 0.3) is 0 Å². The topological polar surface area (TPSA) is 92.0 Å². The Labute approximate surface area is 212 Å². The third kappa shape index (κ3) is 6.55. The van der Waals surface area contributed by atoms with Crippen molar-refractivity contribution in [3.05, 3.63) is 82.8 Å². The number of ether oxygens (including phenoxy) is 1. The summed E-state index contributed by atoms with van der Waals surface area (Å²) in [5.74, 6) is 0.997. The van der Waals surface area contributed by atoms with Gasteiger partial charge in [0.1, 0.15) is 17.3 Å². The monoisotopic (exact) mass is 490 g/mol. The molecule has 36 heavy (non-hydrogen) atoms. The molecule has 0 saturated heterocycles. The average molecular weight is 491 g/mol. The van der Waals surface area contributed by atoms with Crippen LogP contribution in [0.3, 0.4) is 0 Å². The first-order valence-electron chi connectivity index (χ1n) is 12.4. The van der Waals surface area contributed by atoms with Gasteiger partial charge in [-0.05, 0) is 93.5 Å². The number of hydrogen-bond acceptors (Lipinski definition) is 5. The van der Waals surface area contributed by atoms with Gasteiger partial charge in [-0.25, -0.2) is 4.79 Å². The van der Waals surface area contributed by atoms with Gasteiger partial charge in [-0.2, -0.15) is 0 Å². The first kappa shape index (κ1) is 25.5. The van der Waals surface area contributed by atoms with Crippen LogP contribution in [-0.4, -0.2) is 34.0 Å². The van der Waals surface area contributed by atoms with Gasteiger partial charge in [-0.3, -0.25) is 9.69 Å². The van der Waals surface area contributed by atoms with Crippen molar-refractivity contribution in [3.63, 3.8) is 0 Å². The Morgan fingerprint density at radius 3 is 2.47 bits per heavy atom. The number of benzene rings is 2. The number of fused-ring (bicyclic) bond motifs is 1. The van der Waals surface area contributed by atoms with Gasteiger partial charge >= 0.3 is 5.97 Å². The normalized spacial score (nSPS) is 13.3. The molecule has 0 radical (unpaired) electrons. The van der Waals surface area contributed by atoms with E-state index in [4.69, 9.17) is 9.15 Å². The van der Waals surface area contributed by atoms with E-state index in [1.165, 1.54) is 31.4 Å². The molecule has 1 aliphatic carbocycles. The summed E-state index contributed by atoms with van der Waals surface area (Å²) in [6.45, 7) is 6.13. The second kappa shape index (κ2) is 11.0. The summed E-state index contributed by atoms with van der Waals surface area (Å²) in [6, 6.07) is 17.3. The molecular formula is C29H34N2O5. The van der Waals surface area contributed by atoms with Gasteiger partial charge in [0.05, 0.1) is 13.1 Å². The maximum absolute atomic E-state index is 13.1. The lowest BCUT2D eigenvalue weighted by Gasteiger charge is -2.24. The molecule has 0 saturated carbocycles. The molecule has 190 valence electrons. The third-order valence-corrected chi connectivity index (χ3v) is 6.43. The molecule has 3 aromatic rings. The number of rotatable bonds is 10. The van der Waals surface area contributed by atoms with Crippen molar-refractivity contribution in [2.75, 3.05) is 11.9 Å². The van der Waals surface area contributed by atoms with Gasteiger partial charge in [0.15, 0.2) is 5.60 Å². The summed E-state index contributed by atoms with van der Waals surface area (Å²) in [4.78, 5) is 26.5. The van der Waals surface area contributed by atoms with Crippen molar-refractivity contribution in [2.45, 2.75) is 65.1 Å². The summed E-state index contributed by atoms with van der Waals surface area (Å²) >= 11 is 0. The number of carboxylic acids is 1. The van der Waals surface area contributed by atoms with E-state index in [1.54, 1.807) is 12.1 Å². The van der Waals surface area contributed by atoms with Crippen LogP contribution in [0.2, 0.25) is 0 Å². The highest BCUT2D eigenvalue weighted by atomic mass is 16.5. The standard InChI is InChI=1S/C29H34N2O5/c1-20-11-14-24(35-20)18-31(17-21-12-15-23(16-13-21)36-29(2,3)28(33)34)19-27(32)30-26-10-6-8-22-7-4-5-9-25(22)26/h6,8,10-16H,4-5,7,9,17-19H2,1-3H3,(H,30,32)(H,33,34). The number of carbonyl (C=O) groups excluding carboxylic acids is 1. The highest BCUT2D eigenvalue weighted by molar-refractivity contribution is 5.93. The molecule has 7 nitrogen and oxygen atoms in total. The van der Waals surface area contributed by atoms with Crippen LogP contribution in [0.5, 0.6) is 5.75 Å². The Balaban J connectivity index is 1.46. The molecule has 2 aromatic carbocycles. The zero-order valence-corrected chi connectivity index (χ0v) is 21.2. The average Bonchev–Trinajstić information content (AvgIpc) is 3.24. The summed E-state index contributed by atoms with van der Waals surface area (Å²) in [5.41, 5.74) is 3.15. The number of anilines is 1. The predicted octanol–water partition coefficient (Wildman–Crippen LogP) is 5.35. The minimum absolute atomic E-state index is 0.0691. The Kier molecular flexibility index (Phi) is 7.79. The van der Waals surface area contributed by atoms with Crippen LogP contribution >= 0.6 is 0 Å². The Morgan fingerprint density at radius 2 is 1.78 bits per heavy atom. The van der Waals surface area contributed by atoms with Gasteiger partial charge in [-0.15, -0.1) is 0 Å². The van der Waals surface area contributed by atoms with E-state index in [0.717, 1.165) is 42.0 Å². The molecule has 4 rings (SSSR count). The fourth-order valence-electron chi connectivity index (χ4n) is 4.51.